The van der Waals surface area contributed by atoms with Crippen LogP contribution in [0.25, 0.3) is 0 Å². The van der Waals surface area contributed by atoms with E-state index in [9.17, 15) is 0 Å². The van der Waals surface area contributed by atoms with Crippen LogP contribution in [0.2, 0.25) is 0 Å². The van der Waals surface area contributed by atoms with Crippen LogP contribution in [0.4, 0.5) is 11.4 Å². The minimum absolute atomic E-state index is 0.572. The van der Waals surface area contributed by atoms with E-state index in [0.29, 0.717) is 6.04 Å². The molecule has 16 heavy (non-hydrogen) atoms. The average molecular weight is 218 g/mol. The maximum absolute atomic E-state index is 5.84. The molecule has 1 aromatic rings. The number of aryl methyl sites for hydroxylation is 1. The molecule has 2 N–H and O–H groups in total. The van der Waals surface area contributed by atoms with Gasteiger partial charge in [-0.25, -0.2) is 0 Å². The van der Waals surface area contributed by atoms with Gasteiger partial charge in [0.2, 0.25) is 0 Å². The lowest BCUT2D eigenvalue weighted by Gasteiger charge is -2.35. The minimum atomic E-state index is 0.572. The van der Waals surface area contributed by atoms with Crippen LogP contribution in [0.3, 0.4) is 0 Å². The average Bonchev–Trinajstić information content (AvgIpc) is 2.81. The van der Waals surface area contributed by atoms with Gasteiger partial charge < -0.3 is 15.4 Å². The van der Waals surface area contributed by atoms with Crippen molar-refractivity contribution in [3.8, 4) is 0 Å². The Hall–Kier alpha value is -1.22. The van der Waals surface area contributed by atoms with Crippen LogP contribution in [0.15, 0.2) is 18.2 Å². The number of nitrogens with two attached hydrogens (primary N) is 1. The molecule has 2 aliphatic rings. The number of rotatable bonds is 1. The van der Waals surface area contributed by atoms with Gasteiger partial charge >= 0.3 is 0 Å². The Morgan fingerprint density at radius 1 is 1.38 bits per heavy atom. The predicted molar refractivity (Wildman–Crippen MR) is 65.7 cm³/mol. The zero-order chi connectivity index (χ0) is 11.0. The van der Waals surface area contributed by atoms with Crippen molar-refractivity contribution in [3.63, 3.8) is 0 Å². The summed E-state index contributed by atoms with van der Waals surface area (Å²) in [5.41, 5.74) is 9.49. The first kappa shape index (κ1) is 9.97. The third-order valence-corrected chi connectivity index (χ3v) is 3.60. The molecule has 86 valence electrons. The molecular weight excluding hydrogens is 200 g/mol. The summed E-state index contributed by atoms with van der Waals surface area (Å²) in [4.78, 5) is 2.51. The fourth-order valence-electron chi connectivity index (χ4n) is 2.79. The standard InChI is InChI=1S/C13H18N2O/c14-11-3-4-13-10(8-11)2-1-6-15(13)12-5-7-16-9-12/h3-4,8,12H,1-2,5-7,9,14H2. The Balaban J connectivity index is 1.93. The van der Waals surface area contributed by atoms with E-state index < -0.39 is 0 Å². The molecule has 0 saturated carbocycles. The summed E-state index contributed by atoms with van der Waals surface area (Å²) < 4.78 is 5.48. The summed E-state index contributed by atoms with van der Waals surface area (Å²) in [5, 5.41) is 0. The van der Waals surface area contributed by atoms with Crippen LogP contribution in [0, 0.1) is 0 Å². The fourth-order valence-corrected chi connectivity index (χ4v) is 2.79. The van der Waals surface area contributed by atoms with Crippen molar-refractivity contribution < 1.29 is 4.74 Å². The molecule has 1 saturated heterocycles. The van der Waals surface area contributed by atoms with Crippen LogP contribution < -0.4 is 10.6 Å². The topological polar surface area (TPSA) is 38.5 Å². The van der Waals surface area contributed by atoms with E-state index in [-0.39, 0.29) is 0 Å². The molecule has 2 heterocycles. The van der Waals surface area contributed by atoms with E-state index in [1.807, 2.05) is 6.07 Å². The van der Waals surface area contributed by atoms with Crippen LogP contribution in [0.1, 0.15) is 18.4 Å². The number of ether oxygens (including phenoxy) is 1. The normalized spacial score (nSPS) is 24.5. The first-order valence-corrected chi connectivity index (χ1v) is 6.07. The Morgan fingerprint density at radius 3 is 3.12 bits per heavy atom. The zero-order valence-corrected chi connectivity index (χ0v) is 9.48. The highest BCUT2D eigenvalue weighted by molar-refractivity contribution is 5.61. The number of hydrogen-bond acceptors (Lipinski definition) is 3. The number of fused-ring (bicyclic) bond motifs is 1. The van der Waals surface area contributed by atoms with Gasteiger partial charge in [0.15, 0.2) is 0 Å². The summed E-state index contributed by atoms with van der Waals surface area (Å²) in [6.45, 7) is 2.94. The molecule has 0 aliphatic carbocycles. The van der Waals surface area contributed by atoms with E-state index >= 15 is 0 Å². The molecule has 0 amide bonds. The highest BCUT2D eigenvalue weighted by atomic mass is 16.5. The van der Waals surface area contributed by atoms with Crippen molar-refractivity contribution in [2.75, 3.05) is 30.4 Å². The largest absolute Gasteiger partial charge is 0.399 e. The highest BCUT2D eigenvalue weighted by Crippen LogP contribution is 2.32. The highest BCUT2D eigenvalue weighted by Gasteiger charge is 2.27. The molecule has 3 nitrogen and oxygen atoms in total. The number of benzene rings is 1. The second kappa shape index (κ2) is 3.98. The van der Waals surface area contributed by atoms with Gasteiger partial charge in [0.25, 0.3) is 0 Å². The summed E-state index contributed by atoms with van der Waals surface area (Å²) in [5.74, 6) is 0. The van der Waals surface area contributed by atoms with Gasteiger partial charge in [-0.05, 0) is 43.0 Å². The van der Waals surface area contributed by atoms with Crippen LogP contribution >= 0.6 is 0 Å². The lowest BCUT2D eigenvalue weighted by molar-refractivity contribution is 0.193. The Bertz CT molecular complexity index is 386. The lowest BCUT2D eigenvalue weighted by atomic mass is 9.99. The molecular formula is C13H18N2O. The maximum atomic E-state index is 5.84. The van der Waals surface area contributed by atoms with E-state index in [0.717, 1.165) is 38.3 Å². The van der Waals surface area contributed by atoms with Gasteiger partial charge in [-0.3, -0.25) is 0 Å². The van der Waals surface area contributed by atoms with E-state index in [2.05, 4.69) is 17.0 Å². The third kappa shape index (κ3) is 1.65. The van der Waals surface area contributed by atoms with Crippen molar-refractivity contribution in [1.82, 2.24) is 0 Å². The quantitative estimate of drug-likeness (QED) is 0.731. The van der Waals surface area contributed by atoms with Gasteiger partial charge in [0.1, 0.15) is 0 Å². The number of hydrogen-bond donors (Lipinski definition) is 1. The first-order chi connectivity index (χ1) is 7.84. The van der Waals surface area contributed by atoms with Crippen LogP contribution in [0.5, 0.6) is 0 Å². The summed E-state index contributed by atoms with van der Waals surface area (Å²) >= 11 is 0. The monoisotopic (exact) mass is 218 g/mol. The fraction of sp³-hybridized carbons (Fsp3) is 0.538. The SMILES string of the molecule is Nc1ccc2c(c1)CCCN2C1CCOC1. The summed E-state index contributed by atoms with van der Waals surface area (Å²) in [7, 11) is 0. The molecule has 3 rings (SSSR count). The molecule has 0 bridgehead atoms. The van der Waals surface area contributed by atoms with Crippen molar-refractivity contribution in [2.24, 2.45) is 0 Å². The Kier molecular flexibility index (Phi) is 2.48. The minimum Gasteiger partial charge on any atom is -0.399 e. The molecule has 1 unspecified atom stereocenters. The second-order valence-corrected chi connectivity index (χ2v) is 4.70. The number of nitrogen functional groups attached to an aromatic ring is 1. The maximum Gasteiger partial charge on any atom is 0.0670 e. The molecule has 1 atom stereocenters. The Labute approximate surface area is 96.2 Å². The molecule has 3 heteroatoms. The van der Waals surface area contributed by atoms with Crippen LogP contribution in [-0.4, -0.2) is 25.8 Å². The molecule has 2 aliphatic heterocycles. The van der Waals surface area contributed by atoms with Gasteiger partial charge in [-0.2, -0.15) is 0 Å². The van der Waals surface area contributed by atoms with Gasteiger partial charge in [0, 0.05) is 24.5 Å². The van der Waals surface area contributed by atoms with Gasteiger partial charge in [-0.1, -0.05) is 0 Å². The Morgan fingerprint density at radius 2 is 2.31 bits per heavy atom. The van der Waals surface area contributed by atoms with E-state index in [1.54, 1.807) is 0 Å². The molecule has 0 aromatic heterocycles. The second-order valence-electron chi connectivity index (χ2n) is 4.70. The molecule has 1 fully saturated rings. The van der Waals surface area contributed by atoms with Crippen molar-refractivity contribution >= 4 is 11.4 Å². The number of anilines is 2. The lowest BCUT2D eigenvalue weighted by Crippen LogP contribution is -2.39. The van der Waals surface area contributed by atoms with Gasteiger partial charge in [-0.15, -0.1) is 0 Å². The van der Waals surface area contributed by atoms with Crippen molar-refractivity contribution in [1.29, 1.82) is 0 Å². The number of nitrogens with zero attached hydrogens (tertiary/aromatic N) is 1. The van der Waals surface area contributed by atoms with E-state index in [1.165, 1.54) is 17.7 Å². The molecule has 0 spiro atoms. The summed E-state index contributed by atoms with van der Waals surface area (Å²) in [6.07, 6.45) is 3.54. The third-order valence-electron chi connectivity index (χ3n) is 3.60. The smallest absolute Gasteiger partial charge is 0.0670 e. The summed E-state index contributed by atoms with van der Waals surface area (Å²) in [6, 6.07) is 6.87. The molecule has 1 aromatic carbocycles. The first-order valence-electron chi connectivity index (χ1n) is 6.07. The van der Waals surface area contributed by atoms with Crippen molar-refractivity contribution in [2.45, 2.75) is 25.3 Å². The van der Waals surface area contributed by atoms with E-state index in [4.69, 9.17) is 10.5 Å². The predicted octanol–water partition coefficient (Wildman–Crippen LogP) is 1.81. The zero-order valence-electron chi connectivity index (χ0n) is 9.48. The van der Waals surface area contributed by atoms with Crippen LogP contribution in [-0.2, 0) is 11.2 Å². The van der Waals surface area contributed by atoms with Crippen molar-refractivity contribution in [3.05, 3.63) is 23.8 Å². The molecule has 0 radical (unpaired) electrons. The van der Waals surface area contributed by atoms with Gasteiger partial charge in [0.05, 0.1) is 12.6 Å².